The quantitative estimate of drug-likeness (QED) is 0.180. The first-order valence-corrected chi connectivity index (χ1v) is 18.6. The van der Waals surface area contributed by atoms with Gasteiger partial charge in [-0.25, -0.2) is 0 Å². The second-order valence-electron chi connectivity index (χ2n) is 15.7. The van der Waals surface area contributed by atoms with Gasteiger partial charge >= 0.3 is 0 Å². The highest BCUT2D eigenvalue weighted by molar-refractivity contribution is 6.19. The lowest BCUT2D eigenvalue weighted by Crippen LogP contribution is -2.16. The fourth-order valence-corrected chi connectivity index (χ4v) is 10.3. The highest BCUT2D eigenvalue weighted by atomic mass is 16.3. The molecule has 2 nitrogen and oxygen atoms in total. The number of fused-ring (bicyclic) bond motifs is 13. The molecule has 3 aliphatic rings. The van der Waals surface area contributed by atoms with Crippen molar-refractivity contribution in [2.45, 2.75) is 38.5 Å². The van der Waals surface area contributed by atoms with Gasteiger partial charge in [0.2, 0.25) is 0 Å². The lowest BCUT2D eigenvalue weighted by molar-refractivity contribution is 0.664. The van der Waals surface area contributed by atoms with Gasteiger partial charge in [0.1, 0.15) is 11.2 Å². The molecule has 9 aromatic rings. The van der Waals surface area contributed by atoms with Gasteiger partial charge in [0, 0.05) is 33.0 Å². The van der Waals surface area contributed by atoms with Gasteiger partial charge in [-0.15, -0.1) is 0 Å². The normalized spacial score (nSPS) is 16.2. The first kappa shape index (κ1) is 28.6. The van der Waals surface area contributed by atoms with E-state index in [4.69, 9.17) is 4.42 Å². The summed E-state index contributed by atoms with van der Waals surface area (Å²) in [6.07, 6.45) is 5.78. The topological polar surface area (TPSA) is 18.1 Å². The number of hydrogen-bond acceptors (Lipinski definition) is 1. The van der Waals surface area contributed by atoms with Gasteiger partial charge in [0.25, 0.3) is 0 Å². The molecule has 7 aromatic carbocycles. The van der Waals surface area contributed by atoms with Crippen LogP contribution in [-0.2, 0) is 5.41 Å². The highest BCUT2D eigenvalue weighted by Crippen LogP contribution is 2.55. The van der Waals surface area contributed by atoms with Crippen LogP contribution >= 0.6 is 0 Å². The largest absolute Gasteiger partial charge is 0.456 e. The summed E-state index contributed by atoms with van der Waals surface area (Å²) in [5, 5.41) is 6.37. The van der Waals surface area contributed by atoms with Crippen LogP contribution in [0, 0.1) is 0 Å². The number of hydrogen-bond donors (Lipinski definition) is 0. The summed E-state index contributed by atoms with van der Waals surface area (Å²) in [5.74, 6) is 0.432. The standard InChI is InChI=1S/C50H35NO/c1-28-10-8-17-42-46(28)48-43(23-22-38-34-13-6-7-16-41(34)50(2,3)49(38)48)51(42)30-19-25-45-40(27-30)39-26-29(18-24-44(39)52-45)31-20-21-37-33-12-5-4-11-32(33)36-15-9-14-35(31)47(36)37/h4-9,11-28H,10H2,1-3H3. The maximum absolute atomic E-state index is 6.51. The van der Waals surface area contributed by atoms with E-state index in [2.05, 4.69) is 165 Å². The Balaban J connectivity index is 1.07. The molecular formula is C50H35NO. The van der Waals surface area contributed by atoms with Crippen LogP contribution in [0.4, 0.5) is 0 Å². The van der Waals surface area contributed by atoms with Crippen LogP contribution in [0.2, 0.25) is 0 Å². The zero-order valence-electron chi connectivity index (χ0n) is 29.4. The minimum absolute atomic E-state index is 0.0845. The second-order valence-corrected chi connectivity index (χ2v) is 15.7. The van der Waals surface area contributed by atoms with Crippen molar-refractivity contribution in [2.24, 2.45) is 0 Å². The van der Waals surface area contributed by atoms with Crippen molar-refractivity contribution in [1.82, 2.24) is 4.57 Å². The van der Waals surface area contributed by atoms with Crippen molar-refractivity contribution in [1.29, 1.82) is 0 Å². The Kier molecular flexibility index (Phi) is 5.39. The minimum Gasteiger partial charge on any atom is -0.456 e. The van der Waals surface area contributed by atoms with Gasteiger partial charge in [-0.2, -0.15) is 0 Å². The number of nitrogens with zero attached hydrogens (tertiary/aromatic N) is 1. The third-order valence-electron chi connectivity index (χ3n) is 12.6. The average Bonchev–Trinajstić information content (AvgIpc) is 3.88. The molecule has 12 rings (SSSR count). The van der Waals surface area contributed by atoms with E-state index >= 15 is 0 Å². The number of furan rings is 1. The average molecular weight is 666 g/mol. The van der Waals surface area contributed by atoms with E-state index < -0.39 is 0 Å². The third kappa shape index (κ3) is 3.50. The van der Waals surface area contributed by atoms with Crippen LogP contribution in [0.5, 0.6) is 0 Å². The molecule has 0 fully saturated rings. The predicted molar refractivity (Wildman–Crippen MR) is 218 cm³/mol. The molecule has 246 valence electrons. The van der Waals surface area contributed by atoms with E-state index in [0.29, 0.717) is 5.92 Å². The number of benzene rings is 7. The molecule has 0 radical (unpaired) electrons. The molecule has 1 atom stereocenters. The van der Waals surface area contributed by atoms with Crippen molar-refractivity contribution in [3.63, 3.8) is 0 Å². The van der Waals surface area contributed by atoms with Crippen molar-refractivity contribution in [2.75, 3.05) is 0 Å². The van der Waals surface area contributed by atoms with Crippen LogP contribution in [0.15, 0.2) is 138 Å². The Labute approximate surface area is 302 Å². The van der Waals surface area contributed by atoms with Crippen LogP contribution in [0.25, 0.3) is 99.9 Å². The molecule has 0 spiro atoms. The number of aromatic nitrogens is 1. The summed E-state index contributed by atoms with van der Waals surface area (Å²) in [6, 6.07) is 47.4. The lowest BCUT2D eigenvalue weighted by Gasteiger charge is -2.24. The summed E-state index contributed by atoms with van der Waals surface area (Å²) in [4.78, 5) is 0. The van der Waals surface area contributed by atoms with Gasteiger partial charge < -0.3 is 8.98 Å². The smallest absolute Gasteiger partial charge is 0.135 e. The minimum atomic E-state index is -0.0845. The van der Waals surface area contributed by atoms with E-state index in [1.54, 1.807) is 0 Å². The predicted octanol–water partition coefficient (Wildman–Crippen LogP) is 13.8. The van der Waals surface area contributed by atoms with E-state index in [-0.39, 0.29) is 5.41 Å². The molecule has 0 aliphatic heterocycles. The van der Waals surface area contributed by atoms with Gasteiger partial charge in [-0.1, -0.05) is 118 Å². The van der Waals surface area contributed by atoms with Crippen LogP contribution in [0.3, 0.4) is 0 Å². The van der Waals surface area contributed by atoms with E-state index in [9.17, 15) is 0 Å². The summed E-state index contributed by atoms with van der Waals surface area (Å²) >= 11 is 0. The second kappa shape index (κ2) is 9.80. The van der Waals surface area contributed by atoms with E-state index in [1.165, 1.54) is 94.3 Å². The summed E-state index contributed by atoms with van der Waals surface area (Å²) in [5.41, 5.74) is 20.4. The molecule has 0 saturated carbocycles. The lowest BCUT2D eigenvalue weighted by atomic mass is 9.78. The summed E-state index contributed by atoms with van der Waals surface area (Å²) in [6.45, 7) is 7.21. The van der Waals surface area contributed by atoms with Gasteiger partial charge in [-0.3, -0.25) is 0 Å². The molecule has 3 aliphatic carbocycles. The van der Waals surface area contributed by atoms with Crippen LogP contribution in [-0.4, -0.2) is 4.57 Å². The molecule has 0 amide bonds. The number of allylic oxidation sites excluding steroid dienone is 1. The monoisotopic (exact) mass is 665 g/mol. The van der Waals surface area contributed by atoms with Gasteiger partial charge in [-0.05, 0) is 127 Å². The Bertz CT molecular complexity index is 3060. The fraction of sp³-hybridized carbons (Fsp3) is 0.120. The molecule has 0 N–H and O–H groups in total. The van der Waals surface area contributed by atoms with Crippen LogP contribution < -0.4 is 0 Å². The molecule has 1 unspecified atom stereocenters. The van der Waals surface area contributed by atoms with Gasteiger partial charge in [0.05, 0.1) is 5.52 Å². The first-order valence-electron chi connectivity index (χ1n) is 18.6. The molecule has 0 bridgehead atoms. The Morgan fingerprint density at radius 3 is 2.13 bits per heavy atom. The summed E-state index contributed by atoms with van der Waals surface area (Å²) in [7, 11) is 0. The SMILES string of the molecule is CC1CC=Cc2c1c1c3c(ccc1n2-c1ccc2oc4ccc(-c5ccc6c7c(cccc57)-c5ccccc5-6)cc4c2c1)-c1ccccc1C3(C)C. The highest BCUT2D eigenvalue weighted by Gasteiger charge is 2.39. The van der Waals surface area contributed by atoms with Crippen LogP contribution in [0.1, 0.15) is 55.5 Å². The molecule has 0 saturated heterocycles. The first-order chi connectivity index (χ1) is 25.5. The third-order valence-corrected chi connectivity index (χ3v) is 12.6. The van der Waals surface area contributed by atoms with Crippen molar-refractivity contribution in [3.8, 4) is 50.2 Å². The maximum atomic E-state index is 6.51. The van der Waals surface area contributed by atoms with Crippen molar-refractivity contribution in [3.05, 3.63) is 156 Å². The molecule has 52 heavy (non-hydrogen) atoms. The zero-order valence-corrected chi connectivity index (χ0v) is 29.4. The molecular weight excluding hydrogens is 631 g/mol. The molecule has 2 heterocycles. The van der Waals surface area contributed by atoms with Crippen molar-refractivity contribution < 1.29 is 4.42 Å². The van der Waals surface area contributed by atoms with E-state index in [0.717, 1.165) is 28.4 Å². The fourth-order valence-electron chi connectivity index (χ4n) is 10.3. The maximum Gasteiger partial charge on any atom is 0.135 e. The summed E-state index contributed by atoms with van der Waals surface area (Å²) < 4.78 is 9.02. The van der Waals surface area contributed by atoms with Gasteiger partial charge in [0.15, 0.2) is 0 Å². The zero-order chi connectivity index (χ0) is 34.5. The van der Waals surface area contributed by atoms with E-state index in [1.807, 2.05) is 0 Å². The van der Waals surface area contributed by atoms with Crippen molar-refractivity contribution >= 4 is 49.7 Å². The molecule has 2 heteroatoms. The molecule has 2 aromatic heterocycles. The Morgan fingerprint density at radius 1 is 0.596 bits per heavy atom. The Morgan fingerprint density at radius 2 is 1.29 bits per heavy atom. The Hall–Kier alpha value is -6.12. The number of rotatable bonds is 2.